The fourth-order valence-electron chi connectivity index (χ4n) is 2.77. The Hall–Kier alpha value is -2.86. The number of aromatic nitrogens is 2. The lowest BCUT2D eigenvalue weighted by Crippen LogP contribution is -2.29. The molecule has 0 bridgehead atoms. The van der Waals surface area contributed by atoms with Crippen LogP contribution in [0.2, 0.25) is 5.02 Å². The van der Waals surface area contributed by atoms with Gasteiger partial charge in [0.15, 0.2) is 6.61 Å². The Bertz CT molecular complexity index is 926. The molecule has 1 atom stereocenters. The van der Waals surface area contributed by atoms with Gasteiger partial charge in [-0.3, -0.25) is 4.79 Å². The summed E-state index contributed by atoms with van der Waals surface area (Å²) < 4.78 is 16.5. The minimum absolute atomic E-state index is 0.0719. The first-order chi connectivity index (χ1) is 12.7. The molecular formula is C19H15ClN2O4. The fourth-order valence-corrected chi connectivity index (χ4v) is 2.97. The Labute approximate surface area is 154 Å². The Morgan fingerprint density at radius 1 is 1.19 bits per heavy atom. The van der Waals surface area contributed by atoms with Crippen molar-refractivity contribution in [3.05, 3.63) is 65.0 Å². The lowest BCUT2D eigenvalue weighted by molar-refractivity contribution is -0.152. The normalized spacial score (nSPS) is 15.8. The second-order valence-corrected chi connectivity index (χ2v) is 6.38. The predicted molar refractivity (Wildman–Crippen MR) is 93.7 cm³/mol. The maximum atomic E-state index is 12.3. The van der Waals surface area contributed by atoms with Crippen molar-refractivity contribution in [1.82, 2.24) is 10.2 Å². The molecule has 26 heavy (non-hydrogen) atoms. The van der Waals surface area contributed by atoms with Gasteiger partial charge in [0.05, 0.1) is 5.92 Å². The van der Waals surface area contributed by atoms with E-state index < -0.39 is 5.92 Å². The Morgan fingerprint density at radius 2 is 2.04 bits per heavy atom. The van der Waals surface area contributed by atoms with Crippen LogP contribution in [0.3, 0.4) is 0 Å². The molecule has 1 aliphatic heterocycles. The fraction of sp³-hybridized carbons (Fsp3) is 0.211. The molecular weight excluding hydrogens is 356 g/mol. The van der Waals surface area contributed by atoms with Crippen molar-refractivity contribution in [3.63, 3.8) is 0 Å². The summed E-state index contributed by atoms with van der Waals surface area (Å²) >= 11 is 6.00. The number of benzene rings is 2. The van der Waals surface area contributed by atoms with Crippen LogP contribution in [0, 0.1) is 5.92 Å². The van der Waals surface area contributed by atoms with Crippen LogP contribution < -0.4 is 4.74 Å². The lowest BCUT2D eigenvalue weighted by Gasteiger charge is -2.23. The summed E-state index contributed by atoms with van der Waals surface area (Å²) in [5, 5.41) is 8.50. The first kappa shape index (κ1) is 16.6. The third-order valence-electron chi connectivity index (χ3n) is 4.09. The predicted octanol–water partition coefficient (Wildman–Crippen LogP) is 3.68. The van der Waals surface area contributed by atoms with E-state index in [0.717, 1.165) is 16.9 Å². The number of hydrogen-bond donors (Lipinski definition) is 0. The molecule has 0 N–H and O–H groups in total. The summed E-state index contributed by atoms with van der Waals surface area (Å²) in [7, 11) is 0. The number of fused-ring (bicyclic) bond motifs is 1. The van der Waals surface area contributed by atoms with Gasteiger partial charge in [-0.1, -0.05) is 29.8 Å². The second kappa shape index (κ2) is 7.17. The summed E-state index contributed by atoms with van der Waals surface area (Å²) in [4.78, 5) is 12.3. The van der Waals surface area contributed by atoms with Gasteiger partial charge in [0, 0.05) is 10.6 Å². The summed E-state index contributed by atoms with van der Waals surface area (Å²) in [6.45, 7) is 0.199. The zero-order chi connectivity index (χ0) is 17.9. The molecule has 0 radical (unpaired) electrons. The summed E-state index contributed by atoms with van der Waals surface area (Å²) in [6.07, 6.45) is 0.522. The highest BCUT2D eigenvalue weighted by atomic mass is 35.5. The van der Waals surface area contributed by atoms with E-state index in [9.17, 15) is 4.79 Å². The zero-order valence-corrected chi connectivity index (χ0v) is 14.5. The second-order valence-electron chi connectivity index (χ2n) is 5.94. The van der Waals surface area contributed by atoms with E-state index in [1.54, 1.807) is 12.1 Å². The maximum absolute atomic E-state index is 12.3. The third kappa shape index (κ3) is 3.55. The number of hydrogen-bond acceptors (Lipinski definition) is 6. The van der Waals surface area contributed by atoms with Crippen LogP contribution in [-0.2, 0) is 22.6 Å². The molecule has 0 unspecified atom stereocenters. The molecule has 1 aromatic heterocycles. The van der Waals surface area contributed by atoms with Crippen molar-refractivity contribution in [3.8, 4) is 17.2 Å². The minimum Gasteiger partial charge on any atom is -0.492 e. The molecule has 0 spiro atoms. The number of carbonyl (C=O) groups is 1. The first-order valence-electron chi connectivity index (χ1n) is 8.15. The molecule has 0 amide bonds. The highest BCUT2D eigenvalue weighted by Crippen LogP contribution is 2.30. The van der Waals surface area contributed by atoms with Crippen molar-refractivity contribution >= 4 is 17.6 Å². The Balaban J connectivity index is 1.37. The largest absolute Gasteiger partial charge is 0.492 e. The molecule has 4 rings (SSSR count). The van der Waals surface area contributed by atoms with Crippen LogP contribution in [0.1, 0.15) is 11.5 Å². The van der Waals surface area contributed by atoms with Crippen molar-refractivity contribution in [2.75, 3.05) is 6.61 Å². The highest BCUT2D eigenvalue weighted by molar-refractivity contribution is 6.30. The third-order valence-corrected chi connectivity index (χ3v) is 4.32. The number of ether oxygens (including phenoxy) is 2. The van der Waals surface area contributed by atoms with Gasteiger partial charge in [0.1, 0.15) is 12.4 Å². The molecule has 1 aliphatic rings. The summed E-state index contributed by atoms with van der Waals surface area (Å²) in [5.41, 5.74) is 1.71. The van der Waals surface area contributed by atoms with Crippen molar-refractivity contribution in [1.29, 1.82) is 0 Å². The van der Waals surface area contributed by atoms with Crippen molar-refractivity contribution in [2.45, 2.75) is 13.0 Å². The van der Waals surface area contributed by atoms with Gasteiger partial charge in [-0.05, 0) is 42.3 Å². The van der Waals surface area contributed by atoms with Crippen LogP contribution >= 0.6 is 11.6 Å². The zero-order valence-electron chi connectivity index (χ0n) is 13.7. The quantitative estimate of drug-likeness (QED) is 0.652. The standard InChI is InChI=1S/C19H15ClN2O4/c20-15-6-7-16-13(9-15)8-14(10-24-16)19(23)25-11-17-21-22-18(26-17)12-4-2-1-3-5-12/h1-7,9,14H,8,10-11H2/t14-/m0/s1. The summed E-state index contributed by atoms with van der Waals surface area (Å²) in [6, 6.07) is 14.8. The molecule has 7 heteroatoms. The minimum atomic E-state index is -0.391. The molecule has 3 aromatic rings. The van der Waals surface area contributed by atoms with E-state index >= 15 is 0 Å². The van der Waals surface area contributed by atoms with Crippen LogP contribution in [-0.4, -0.2) is 22.8 Å². The van der Waals surface area contributed by atoms with E-state index in [0.29, 0.717) is 17.3 Å². The van der Waals surface area contributed by atoms with E-state index in [-0.39, 0.29) is 25.1 Å². The topological polar surface area (TPSA) is 74.5 Å². The summed E-state index contributed by atoms with van der Waals surface area (Å²) in [5.74, 6) is 0.633. The molecule has 0 aliphatic carbocycles. The van der Waals surface area contributed by atoms with Gasteiger partial charge >= 0.3 is 5.97 Å². The van der Waals surface area contributed by atoms with E-state index in [4.69, 9.17) is 25.5 Å². The Morgan fingerprint density at radius 3 is 2.88 bits per heavy atom. The average molecular weight is 371 g/mol. The molecule has 132 valence electrons. The van der Waals surface area contributed by atoms with Gasteiger partial charge in [-0.2, -0.15) is 0 Å². The number of halogens is 1. The number of esters is 1. The Kier molecular flexibility index (Phi) is 4.58. The van der Waals surface area contributed by atoms with Gasteiger partial charge < -0.3 is 13.9 Å². The number of nitrogens with zero attached hydrogens (tertiary/aromatic N) is 2. The van der Waals surface area contributed by atoms with Crippen LogP contribution in [0.25, 0.3) is 11.5 Å². The average Bonchev–Trinajstić information content (AvgIpc) is 3.15. The maximum Gasteiger partial charge on any atom is 0.313 e. The van der Waals surface area contributed by atoms with Gasteiger partial charge in [-0.25, -0.2) is 0 Å². The SMILES string of the molecule is O=C(OCc1nnc(-c2ccccc2)o1)[C@@H]1COc2ccc(Cl)cc2C1. The number of carbonyl (C=O) groups excluding carboxylic acids is 1. The van der Waals surface area contributed by atoms with E-state index in [1.165, 1.54) is 0 Å². The molecule has 0 fully saturated rings. The van der Waals surface area contributed by atoms with Crippen molar-refractivity contribution < 1.29 is 18.7 Å². The van der Waals surface area contributed by atoms with Gasteiger partial charge in [0.2, 0.25) is 5.89 Å². The highest BCUT2D eigenvalue weighted by Gasteiger charge is 2.28. The molecule has 2 aromatic carbocycles. The lowest BCUT2D eigenvalue weighted by atomic mass is 9.97. The molecule has 0 saturated carbocycles. The van der Waals surface area contributed by atoms with Crippen LogP contribution in [0.15, 0.2) is 52.9 Å². The van der Waals surface area contributed by atoms with Crippen molar-refractivity contribution in [2.24, 2.45) is 5.92 Å². The number of rotatable bonds is 4. The molecule has 2 heterocycles. The molecule has 6 nitrogen and oxygen atoms in total. The smallest absolute Gasteiger partial charge is 0.313 e. The van der Waals surface area contributed by atoms with E-state index in [1.807, 2.05) is 36.4 Å². The molecule has 0 saturated heterocycles. The van der Waals surface area contributed by atoms with E-state index in [2.05, 4.69) is 10.2 Å². The van der Waals surface area contributed by atoms with Gasteiger partial charge in [0.25, 0.3) is 5.89 Å². The first-order valence-corrected chi connectivity index (χ1v) is 8.52. The van der Waals surface area contributed by atoms with Gasteiger partial charge in [-0.15, -0.1) is 10.2 Å². The van der Waals surface area contributed by atoms with Crippen LogP contribution in [0.4, 0.5) is 0 Å². The monoisotopic (exact) mass is 370 g/mol. The van der Waals surface area contributed by atoms with Crippen LogP contribution in [0.5, 0.6) is 5.75 Å².